The maximum absolute atomic E-state index is 12.1. The number of carbonyl (C=O) groups excluding carboxylic acids is 2. The Morgan fingerprint density at radius 1 is 1.32 bits per heavy atom. The van der Waals surface area contributed by atoms with E-state index in [1.807, 2.05) is 0 Å². The van der Waals surface area contributed by atoms with Crippen molar-refractivity contribution in [2.45, 2.75) is 13.3 Å². The topological polar surface area (TPSA) is 92.7 Å². The summed E-state index contributed by atoms with van der Waals surface area (Å²) in [5, 5.41) is 11.2. The number of allylic oxidation sites excluding steroid dienone is 1. The zero-order valence-corrected chi connectivity index (χ0v) is 12.1. The van der Waals surface area contributed by atoms with Crippen molar-refractivity contribution >= 4 is 17.8 Å². The summed E-state index contributed by atoms with van der Waals surface area (Å²) in [6.07, 6.45) is 2.80. The molecular weight excluding hydrogens is 286 g/mol. The lowest BCUT2D eigenvalue weighted by atomic mass is 10.0. The number of carbonyl (C=O) groups is 3. The first-order valence-electron chi connectivity index (χ1n) is 6.54. The number of carboxylic acids is 1. The van der Waals surface area contributed by atoms with Crippen LogP contribution in [0.4, 0.5) is 0 Å². The summed E-state index contributed by atoms with van der Waals surface area (Å²) in [7, 11) is 0. The van der Waals surface area contributed by atoms with Crippen LogP contribution < -0.4 is 10.1 Å². The molecule has 1 unspecified atom stereocenters. The van der Waals surface area contributed by atoms with Gasteiger partial charge < -0.3 is 15.2 Å². The Hall–Kier alpha value is -2.89. The fraction of sp³-hybridized carbons (Fsp3) is 0.188. The Balaban J connectivity index is 2.95. The number of aliphatic carboxylic acids is 1. The average Bonchev–Trinajstić information content (AvgIpc) is 2.46. The van der Waals surface area contributed by atoms with Crippen molar-refractivity contribution in [1.29, 1.82) is 0 Å². The number of esters is 1. The molecule has 0 saturated carbocycles. The Bertz CT molecular complexity index is 592. The minimum Gasteiger partial charge on any atom is -0.477 e. The van der Waals surface area contributed by atoms with Crippen LogP contribution in [0.15, 0.2) is 54.8 Å². The molecule has 0 fully saturated rings. The summed E-state index contributed by atoms with van der Waals surface area (Å²) in [5.41, 5.74) is -0.371. The van der Waals surface area contributed by atoms with Gasteiger partial charge in [0, 0.05) is 6.92 Å². The molecule has 0 aromatic heterocycles. The zero-order chi connectivity index (χ0) is 16.5. The third kappa shape index (κ3) is 5.62. The normalized spacial score (nSPS) is 12.1. The first-order valence-corrected chi connectivity index (χ1v) is 6.54. The van der Waals surface area contributed by atoms with Crippen LogP contribution in [0.2, 0.25) is 0 Å². The van der Waals surface area contributed by atoms with E-state index in [0.717, 1.165) is 6.08 Å². The van der Waals surface area contributed by atoms with Crippen molar-refractivity contribution in [3.05, 3.63) is 54.8 Å². The first-order chi connectivity index (χ1) is 10.4. The average molecular weight is 303 g/mol. The highest BCUT2D eigenvalue weighted by molar-refractivity contribution is 5.93. The van der Waals surface area contributed by atoms with Gasteiger partial charge in [0.25, 0.3) is 0 Å². The van der Waals surface area contributed by atoms with E-state index in [9.17, 15) is 14.4 Å². The number of ether oxygens (including phenoxy) is 1. The first kappa shape index (κ1) is 17.2. The molecule has 6 nitrogen and oxygen atoms in total. The summed E-state index contributed by atoms with van der Waals surface area (Å²) in [5.74, 6) is -3.02. The third-order valence-corrected chi connectivity index (χ3v) is 2.59. The molecule has 0 bridgehead atoms. The molecular formula is C16H17NO5. The van der Waals surface area contributed by atoms with Gasteiger partial charge >= 0.3 is 11.9 Å². The molecule has 1 aromatic carbocycles. The SMILES string of the molecule is C=CCC(C=C(NC(C)=O)C(=O)O)C(=O)Oc1ccccc1. The number of carboxylic acid groups (broad SMARTS) is 1. The van der Waals surface area contributed by atoms with Crippen LogP contribution in [0.5, 0.6) is 5.75 Å². The number of para-hydroxylation sites is 1. The molecule has 0 aliphatic rings. The summed E-state index contributed by atoms with van der Waals surface area (Å²) in [6.45, 7) is 4.71. The van der Waals surface area contributed by atoms with Crippen LogP contribution >= 0.6 is 0 Å². The van der Waals surface area contributed by atoms with Gasteiger partial charge in [-0.2, -0.15) is 0 Å². The molecule has 6 heteroatoms. The quantitative estimate of drug-likeness (QED) is 0.347. The maximum Gasteiger partial charge on any atom is 0.352 e. The Labute approximate surface area is 128 Å². The Kier molecular flexibility index (Phi) is 6.56. The summed E-state index contributed by atoms with van der Waals surface area (Å²) in [4.78, 5) is 34.2. The largest absolute Gasteiger partial charge is 0.477 e. The Morgan fingerprint density at radius 2 is 1.95 bits per heavy atom. The minimum atomic E-state index is -1.34. The third-order valence-electron chi connectivity index (χ3n) is 2.59. The molecule has 0 spiro atoms. The molecule has 0 saturated heterocycles. The number of hydrogen-bond acceptors (Lipinski definition) is 4. The Morgan fingerprint density at radius 3 is 2.45 bits per heavy atom. The van der Waals surface area contributed by atoms with Crippen LogP contribution in [0.25, 0.3) is 0 Å². The number of rotatable bonds is 7. The summed E-state index contributed by atoms with van der Waals surface area (Å²) >= 11 is 0. The highest BCUT2D eigenvalue weighted by Gasteiger charge is 2.20. The van der Waals surface area contributed by atoms with Crippen LogP contribution in [-0.4, -0.2) is 23.0 Å². The number of nitrogens with one attached hydrogen (secondary N) is 1. The molecule has 22 heavy (non-hydrogen) atoms. The molecule has 1 atom stereocenters. The molecule has 0 heterocycles. The number of amides is 1. The van der Waals surface area contributed by atoms with Crippen LogP contribution in [0.3, 0.4) is 0 Å². The van der Waals surface area contributed by atoms with Crippen molar-refractivity contribution in [2.75, 3.05) is 0 Å². The minimum absolute atomic E-state index is 0.183. The molecule has 1 aromatic rings. The molecule has 0 aliphatic carbocycles. The second kappa shape index (κ2) is 8.41. The van der Waals surface area contributed by atoms with Crippen LogP contribution in [0, 0.1) is 5.92 Å². The lowest BCUT2D eigenvalue weighted by molar-refractivity contribution is -0.137. The second-order valence-electron chi connectivity index (χ2n) is 4.43. The fourth-order valence-corrected chi connectivity index (χ4v) is 1.65. The predicted octanol–water partition coefficient (Wildman–Crippen LogP) is 1.89. The van der Waals surface area contributed by atoms with Crippen molar-refractivity contribution in [2.24, 2.45) is 5.92 Å². The van der Waals surface area contributed by atoms with E-state index in [0.29, 0.717) is 5.75 Å². The lowest BCUT2D eigenvalue weighted by Gasteiger charge is -2.12. The molecule has 1 amide bonds. The van der Waals surface area contributed by atoms with E-state index < -0.39 is 23.8 Å². The van der Waals surface area contributed by atoms with Crippen molar-refractivity contribution < 1.29 is 24.2 Å². The van der Waals surface area contributed by atoms with Gasteiger partial charge in [0.15, 0.2) is 0 Å². The monoisotopic (exact) mass is 303 g/mol. The van der Waals surface area contributed by atoms with Crippen molar-refractivity contribution in [3.63, 3.8) is 0 Å². The van der Waals surface area contributed by atoms with Gasteiger partial charge in [0.1, 0.15) is 11.4 Å². The van der Waals surface area contributed by atoms with Crippen LogP contribution in [-0.2, 0) is 14.4 Å². The smallest absolute Gasteiger partial charge is 0.352 e. The van der Waals surface area contributed by atoms with E-state index >= 15 is 0 Å². The number of benzene rings is 1. The molecule has 2 N–H and O–H groups in total. The summed E-state index contributed by atoms with van der Waals surface area (Å²) in [6, 6.07) is 8.41. The molecule has 0 aliphatic heterocycles. The van der Waals surface area contributed by atoms with E-state index in [1.165, 1.54) is 13.0 Å². The second-order valence-corrected chi connectivity index (χ2v) is 4.43. The maximum atomic E-state index is 12.1. The highest BCUT2D eigenvalue weighted by atomic mass is 16.5. The van der Waals surface area contributed by atoms with Gasteiger partial charge in [-0.15, -0.1) is 6.58 Å². The van der Waals surface area contributed by atoms with E-state index in [-0.39, 0.29) is 12.1 Å². The van der Waals surface area contributed by atoms with Gasteiger partial charge in [0.2, 0.25) is 5.91 Å². The fourth-order valence-electron chi connectivity index (χ4n) is 1.65. The summed E-state index contributed by atoms with van der Waals surface area (Å²) < 4.78 is 5.18. The predicted molar refractivity (Wildman–Crippen MR) is 79.9 cm³/mol. The number of hydrogen-bond donors (Lipinski definition) is 2. The zero-order valence-electron chi connectivity index (χ0n) is 12.1. The van der Waals surface area contributed by atoms with E-state index in [1.54, 1.807) is 30.3 Å². The van der Waals surface area contributed by atoms with Crippen molar-refractivity contribution in [1.82, 2.24) is 5.32 Å². The van der Waals surface area contributed by atoms with Crippen LogP contribution in [0.1, 0.15) is 13.3 Å². The lowest BCUT2D eigenvalue weighted by Crippen LogP contribution is -2.27. The van der Waals surface area contributed by atoms with E-state index in [4.69, 9.17) is 9.84 Å². The molecule has 116 valence electrons. The van der Waals surface area contributed by atoms with Crippen molar-refractivity contribution in [3.8, 4) is 5.75 Å². The highest BCUT2D eigenvalue weighted by Crippen LogP contribution is 2.15. The molecule has 1 rings (SSSR count). The standard InChI is InChI=1S/C16H17NO5/c1-3-7-12(10-14(15(19)20)17-11(2)18)16(21)22-13-8-5-4-6-9-13/h3-6,8-10,12H,1,7H2,2H3,(H,17,18)(H,19,20). The van der Waals surface area contributed by atoms with E-state index in [2.05, 4.69) is 11.9 Å². The van der Waals surface area contributed by atoms with Gasteiger partial charge in [-0.25, -0.2) is 4.79 Å². The van der Waals surface area contributed by atoms with Gasteiger partial charge in [-0.3, -0.25) is 9.59 Å². The van der Waals surface area contributed by atoms with Gasteiger partial charge in [-0.05, 0) is 24.6 Å². The van der Waals surface area contributed by atoms with Gasteiger partial charge in [0.05, 0.1) is 5.92 Å². The van der Waals surface area contributed by atoms with Gasteiger partial charge in [-0.1, -0.05) is 24.3 Å². The molecule has 0 radical (unpaired) electrons.